The Bertz CT molecular complexity index is 553. The normalized spacial score (nSPS) is 13.6. The van der Waals surface area contributed by atoms with Gasteiger partial charge >= 0.3 is 0 Å². The quantitative estimate of drug-likeness (QED) is 0.890. The number of hydrogen-bond donors (Lipinski definition) is 2. The zero-order chi connectivity index (χ0) is 12.5. The second-order valence-electron chi connectivity index (χ2n) is 4.76. The summed E-state index contributed by atoms with van der Waals surface area (Å²) in [5.41, 5.74) is 9.36. The highest BCUT2D eigenvalue weighted by molar-refractivity contribution is 7.12. The van der Waals surface area contributed by atoms with E-state index in [1.165, 1.54) is 24.1 Å². The molecule has 0 unspecified atom stereocenters. The number of thiophene rings is 1. The van der Waals surface area contributed by atoms with Gasteiger partial charge in [-0.15, -0.1) is 11.3 Å². The van der Waals surface area contributed by atoms with Crippen LogP contribution in [0.1, 0.15) is 27.3 Å². The Morgan fingerprint density at radius 1 is 1.44 bits per heavy atom. The van der Waals surface area contributed by atoms with Crippen LogP contribution in [0.25, 0.3) is 0 Å². The Morgan fingerprint density at radius 3 is 3.17 bits per heavy atom. The molecule has 0 radical (unpaired) electrons. The molecular weight excluding hydrogens is 242 g/mol. The molecule has 2 heterocycles. The first-order valence-electron chi connectivity index (χ1n) is 6.29. The van der Waals surface area contributed by atoms with Crippen LogP contribution < -0.4 is 11.1 Å². The first kappa shape index (κ1) is 11.5. The molecule has 18 heavy (non-hydrogen) atoms. The van der Waals surface area contributed by atoms with Gasteiger partial charge in [-0.05, 0) is 49.4 Å². The number of anilines is 2. The molecule has 4 heteroatoms. The monoisotopic (exact) mass is 259 g/mol. The molecule has 0 atom stereocenters. The average Bonchev–Trinajstić information content (AvgIpc) is 2.91. The van der Waals surface area contributed by atoms with Gasteiger partial charge in [0.15, 0.2) is 0 Å². The summed E-state index contributed by atoms with van der Waals surface area (Å²) in [4.78, 5) is 7.23. The number of aromatic nitrogens is 1. The first-order chi connectivity index (χ1) is 8.74. The number of rotatable bonds is 3. The summed E-state index contributed by atoms with van der Waals surface area (Å²) in [5, 5.41) is 3.33. The van der Waals surface area contributed by atoms with Crippen LogP contribution in [0.15, 0.2) is 18.3 Å². The van der Waals surface area contributed by atoms with Crippen molar-refractivity contribution in [2.45, 2.75) is 32.7 Å². The van der Waals surface area contributed by atoms with Crippen molar-refractivity contribution in [1.29, 1.82) is 0 Å². The Morgan fingerprint density at radius 2 is 2.33 bits per heavy atom. The van der Waals surface area contributed by atoms with Crippen LogP contribution in [0.4, 0.5) is 11.5 Å². The van der Waals surface area contributed by atoms with Crippen LogP contribution in [-0.4, -0.2) is 4.98 Å². The lowest BCUT2D eigenvalue weighted by molar-refractivity contribution is 0.913. The van der Waals surface area contributed by atoms with Crippen LogP contribution >= 0.6 is 11.3 Å². The van der Waals surface area contributed by atoms with Crippen LogP contribution in [0, 0.1) is 6.92 Å². The highest BCUT2D eigenvalue weighted by atomic mass is 32.1. The van der Waals surface area contributed by atoms with E-state index in [0.717, 1.165) is 23.6 Å². The van der Waals surface area contributed by atoms with Crippen LogP contribution in [-0.2, 0) is 19.4 Å². The second-order valence-corrected chi connectivity index (χ2v) is 5.98. The van der Waals surface area contributed by atoms with E-state index in [2.05, 4.69) is 16.4 Å². The molecule has 2 aromatic rings. The Labute approximate surface area is 111 Å². The van der Waals surface area contributed by atoms with Crippen molar-refractivity contribution in [1.82, 2.24) is 4.98 Å². The number of nitrogen functional groups attached to an aromatic ring is 1. The molecule has 0 spiro atoms. The van der Waals surface area contributed by atoms with Crippen molar-refractivity contribution in [2.24, 2.45) is 0 Å². The number of nitrogens with zero attached hydrogens (tertiary/aromatic N) is 1. The van der Waals surface area contributed by atoms with Gasteiger partial charge in [0.05, 0.1) is 12.2 Å². The molecule has 94 valence electrons. The van der Waals surface area contributed by atoms with Crippen LogP contribution in [0.2, 0.25) is 0 Å². The maximum absolute atomic E-state index is 6.00. The lowest BCUT2D eigenvalue weighted by atomic mass is 10.2. The van der Waals surface area contributed by atoms with E-state index in [1.807, 2.05) is 24.3 Å². The summed E-state index contributed by atoms with van der Waals surface area (Å²) in [6.45, 7) is 2.82. The second kappa shape index (κ2) is 4.61. The predicted octanol–water partition coefficient (Wildman–Crippen LogP) is 3.13. The fourth-order valence-corrected chi connectivity index (χ4v) is 3.56. The minimum Gasteiger partial charge on any atom is -0.396 e. The fourth-order valence-electron chi connectivity index (χ4n) is 2.36. The number of fused-ring (bicyclic) bond motifs is 1. The number of nitrogens with two attached hydrogens (primary N) is 1. The summed E-state index contributed by atoms with van der Waals surface area (Å²) in [6.07, 6.45) is 5.62. The smallest absolute Gasteiger partial charge is 0.149 e. The Balaban J connectivity index is 1.72. The lowest BCUT2D eigenvalue weighted by Crippen LogP contribution is -2.04. The van der Waals surface area contributed by atoms with Crippen LogP contribution in [0.3, 0.4) is 0 Å². The van der Waals surface area contributed by atoms with Gasteiger partial charge in [0.1, 0.15) is 5.82 Å². The first-order valence-corrected chi connectivity index (χ1v) is 7.11. The van der Waals surface area contributed by atoms with E-state index in [-0.39, 0.29) is 0 Å². The summed E-state index contributed by atoms with van der Waals surface area (Å²) >= 11 is 1.92. The van der Waals surface area contributed by atoms with Crippen molar-refractivity contribution < 1.29 is 0 Å². The molecule has 0 aliphatic heterocycles. The summed E-state index contributed by atoms with van der Waals surface area (Å²) in [6, 6.07) is 4.26. The molecule has 0 saturated heterocycles. The zero-order valence-corrected chi connectivity index (χ0v) is 11.3. The maximum atomic E-state index is 6.00. The third kappa shape index (κ3) is 2.08. The van der Waals surface area contributed by atoms with Gasteiger partial charge in [-0.3, -0.25) is 0 Å². The van der Waals surface area contributed by atoms with Crippen molar-refractivity contribution in [3.05, 3.63) is 39.2 Å². The van der Waals surface area contributed by atoms with E-state index in [1.54, 1.807) is 16.6 Å². The van der Waals surface area contributed by atoms with Gasteiger partial charge in [0, 0.05) is 16.0 Å². The molecule has 2 aromatic heterocycles. The molecule has 1 aliphatic rings. The van der Waals surface area contributed by atoms with Gasteiger partial charge in [-0.1, -0.05) is 0 Å². The lowest BCUT2D eigenvalue weighted by Gasteiger charge is -2.08. The van der Waals surface area contributed by atoms with E-state index < -0.39 is 0 Å². The SMILES string of the molecule is Cc1ccnc(NCc2cc3c(s2)CCC3)c1N. The summed E-state index contributed by atoms with van der Waals surface area (Å²) < 4.78 is 0. The topological polar surface area (TPSA) is 50.9 Å². The molecule has 3 N–H and O–H groups in total. The van der Waals surface area contributed by atoms with Gasteiger partial charge < -0.3 is 11.1 Å². The number of nitrogens with one attached hydrogen (secondary N) is 1. The van der Waals surface area contributed by atoms with Crippen LogP contribution in [0.5, 0.6) is 0 Å². The molecule has 0 aromatic carbocycles. The molecule has 0 bridgehead atoms. The Kier molecular flexibility index (Phi) is 2.96. The van der Waals surface area contributed by atoms with E-state index >= 15 is 0 Å². The number of aryl methyl sites for hydroxylation is 3. The molecule has 0 fully saturated rings. The summed E-state index contributed by atoms with van der Waals surface area (Å²) in [7, 11) is 0. The summed E-state index contributed by atoms with van der Waals surface area (Å²) in [5.74, 6) is 0.795. The third-order valence-electron chi connectivity index (χ3n) is 3.44. The minimum atomic E-state index is 0.751. The van der Waals surface area contributed by atoms with Gasteiger partial charge in [0.2, 0.25) is 0 Å². The zero-order valence-electron chi connectivity index (χ0n) is 10.5. The van der Waals surface area contributed by atoms with E-state index in [4.69, 9.17) is 5.73 Å². The van der Waals surface area contributed by atoms with Crippen molar-refractivity contribution in [2.75, 3.05) is 11.1 Å². The van der Waals surface area contributed by atoms with Crippen molar-refractivity contribution in [3.63, 3.8) is 0 Å². The van der Waals surface area contributed by atoms with E-state index in [9.17, 15) is 0 Å². The molecule has 3 rings (SSSR count). The van der Waals surface area contributed by atoms with Crippen molar-refractivity contribution in [3.8, 4) is 0 Å². The number of pyridine rings is 1. The third-order valence-corrected chi connectivity index (χ3v) is 4.67. The van der Waals surface area contributed by atoms with E-state index in [0.29, 0.717) is 0 Å². The highest BCUT2D eigenvalue weighted by Gasteiger charge is 2.14. The Hall–Kier alpha value is -1.55. The largest absolute Gasteiger partial charge is 0.396 e. The predicted molar refractivity (Wildman–Crippen MR) is 77.1 cm³/mol. The fraction of sp³-hybridized carbons (Fsp3) is 0.357. The number of hydrogen-bond acceptors (Lipinski definition) is 4. The molecular formula is C14H17N3S. The van der Waals surface area contributed by atoms with Crippen molar-refractivity contribution >= 4 is 22.8 Å². The maximum Gasteiger partial charge on any atom is 0.149 e. The molecule has 0 amide bonds. The highest BCUT2D eigenvalue weighted by Crippen LogP contribution is 2.31. The molecule has 0 saturated carbocycles. The molecule has 3 nitrogen and oxygen atoms in total. The standard InChI is InChI=1S/C14H17N3S/c1-9-5-6-16-14(13(9)15)17-8-11-7-10-3-2-4-12(10)18-11/h5-7H,2-4,8,15H2,1H3,(H,16,17). The van der Waals surface area contributed by atoms with Gasteiger partial charge in [-0.25, -0.2) is 4.98 Å². The van der Waals surface area contributed by atoms with Gasteiger partial charge in [0.25, 0.3) is 0 Å². The van der Waals surface area contributed by atoms with Gasteiger partial charge in [-0.2, -0.15) is 0 Å². The minimum absolute atomic E-state index is 0.751. The molecule has 1 aliphatic carbocycles. The average molecular weight is 259 g/mol.